The molecule has 0 N–H and O–H groups in total. The average Bonchev–Trinajstić information content (AvgIpc) is 3.51. The van der Waals surface area contributed by atoms with E-state index in [1.807, 2.05) is 12.4 Å². The van der Waals surface area contributed by atoms with Gasteiger partial charge in [-0.25, -0.2) is 0 Å². The van der Waals surface area contributed by atoms with Crippen molar-refractivity contribution >= 4 is 49.4 Å². The maximum atomic E-state index is 4.52. The van der Waals surface area contributed by atoms with Gasteiger partial charge < -0.3 is 4.57 Å². The van der Waals surface area contributed by atoms with Crippen molar-refractivity contribution in [1.82, 2.24) is 9.55 Å². The molecule has 2 heterocycles. The molecule has 2 aromatic heterocycles. The van der Waals surface area contributed by atoms with Gasteiger partial charge in [0.2, 0.25) is 0 Å². The molecule has 232 valence electrons. The Labute approximate surface area is 286 Å². The molecule has 1 unspecified atom stereocenters. The van der Waals surface area contributed by atoms with E-state index in [2.05, 4.69) is 161 Å². The van der Waals surface area contributed by atoms with Crippen LogP contribution in [0.15, 0.2) is 158 Å². The van der Waals surface area contributed by atoms with E-state index < -0.39 is 0 Å². The van der Waals surface area contributed by atoms with Crippen molar-refractivity contribution in [2.24, 2.45) is 0 Å². The van der Waals surface area contributed by atoms with E-state index in [4.69, 9.17) is 0 Å². The molecule has 1 atom stereocenters. The molecule has 8 aromatic rings. The lowest BCUT2D eigenvalue weighted by Gasteiger charge is -2.19. The number of nitrogens with zero attached hydrogens (tertiary/aromatic N) is 2. The summed E-state index contributed by atoms with van der Waals surface area (Å²) in [6.07, 6.45) is 20.5. The summed E-state index contributed by atoms with van der Waals surface area (Å²) in [5, 5.41) is 7.62. The first-order valence-electron chi connectivity index (χ1n) is 17.4. The van der Waals surface area contributed by atoms with E-state index in [1.165, 1.54) is 87.9 Å². The van der Waals surface area contributed by atoms with Gasteiger partial charge in [0.05, 0.1) is 11.6 Å². The SMILES string of the molecule is C1=CCC(n2c3ccncc3c3cc(-c4ccc(-c5c6ccccc6c(-c6ccc7c(c6)CCC=C7)c6ccccc56)cc4)ccc32)C=C1. The fourth-order valence-corrected chi connectivity index (χ4v) is 8.36. The Morgan fingerprint density at radius 2 is 1.22 bits per heavy atom. The first kappa shape index (κ1) is 28.1. The minimum absolute atomic E-state index is 0.304. The minimum atomic E-state index is 0.304. The van der Waals surface area contributed by atoms with E-state index >= 15 is 0 Å². The summed E-state index contributed by atoms with van der Waals surface area (Å²) >= 11 is 0. The molecule has 0 saturated carbocycles. The molecule has 49 heavy (non-hydrogen) atoms. The van der Waals surface area contributed by atoms with Crippen LogP contribution in [0.3, 0.4) is 0 Å². The zero-order valence-corrected chi connectivity index (χ0v) is 27.2. The van der Waals surface area contributed by atoms with E-state index in [-0.39, 0.29) is 0 Å². The number of fused-ring (bicyclic) bond motifs is 6. The molecule has 2 heteroatoms. The number of benzene rings is 6. The number of allylic oxidation sites excluding steroid dienone is 5. The van der Waals surface area contributed by atoms with Crippen molar-refractivity contribution in [3.8, 4) is 33.4 Å². The monoisotopic (exact) mass is 626 g/mol. The van der Waals surface area contributed by atoms with Crippen LogP contribution in [-0.2, 0) is 6.42 Å². The lowest BCUT2D eigenvalue weighted by atomic mass is 9.84. The number of rotatable bonds is 4. The van der Waals surface area contributed by atoms with Crippen molar-refractivity contribution in [2.75, 3.05) is 0 Å². The summed E-state index contributed by atoms with van der Waals surface area (Å²) in [6.45, 7) is 0. The Balaban J connectivity index is 1.10. The van der Waals surface area contributed by atoms with E-state index in [0.29, 0.717) is 6.04 Å². The molecular formula is C47H34N2. The van der Waals surface area contributed by atoms with Gasteiger partial charge in [-0.1, -0.05) is 134 Å². The van der Waals surface area contributed by atoms with Gasteiger partial charge in [-0.2, -0.15) is 0 Å². The maximum absolute atomic E-state index is 4.52. The number of aromatic nitrogens is 2. The van der Waals surface area contributed by atoms with Crippen LogP contribution in [0, 0.1) is 0 Å². The molecule has 0 spiro atoms. The summed E-state index contributed by atoms with van der Waals surface area (Å²) in [6, 6.07) is 43.5. The standard InChI is InChI=1S/C47H34N2/c1-2-12-37(13-3-1)49-44-25-24-35(29-42(44)43-30-48-27-26-45(43)49)32-18-21-33(22-19-32)46-38-14-6-8-16-40(38)47(41-17-9-7-15-39(41)46)36-23-20-31-10-4-5-11-34(31)28-36/h1-4,6-10,12,14-30,37H,5,11,13H2. The summed E-state index contributed by atoms with van der Waals surface area (Å²) < 4.78 is 2.47. The Bertz CT molecular complexity index is 2630. The minimum Gasteiger partial charge on any atom is -0.333 e. The zero-order valence-electron chi connectivity index (χ0n) is 27.2. The topological polar surface area (TPSA) is 17.8 Å². The highest BCUT2D eigenvalue weighted by Crippen LogP contribution is 2.45. The van der Waals surface area contributed by atoms with Crippen LogP contribution in [-0.4, -0.2) is 9.55 Å². The van der Waals surface area contributed by atoms with Crippen LogP contribution in [0.1, 0.15) is 30.0 Å². The Morgan fingerprint density at radius 1 is 0.551 bits per heavy atom. The second kappa shape index (κ2) is 11.3. The third kappa shape index (κ3) is 4.52. The maximum Gasteiger partial charge on any atom is 0.0560 e. The first-order chi connectivity index (χ1) is 24.3. The van der Waals surface area contributed by atoms with E-state index in [0.717, 1.165) is 19.3 Å². The predicted octanol–water partition coefficient (Wildman–Crippen LogP) is 12.5. The van der Waals surface area contributed by atoms with Crippen LogP contribution in [0.25, 0.3) is 82.8 Å². The van der Waals surface area contributed by atoms with Gasteiger partial charge in [-0.05, 0) is 104 Å². The quantitative estimate of drug-likeness (QED) is 0.178. The van der Waals surface area contributed by atoms with Crippen molar-refractivity contribution in [3.63, 3.8) is 0 Å². The first-order valence-corrected chi connectivity index (χ1v) is 17.4. The summed E-state index contributed by atoms with van der Waals surface area (Å²) in [7, 11) is 0. The van der Waals surface area contributed by atoms with Gasteiger partial charge >= 0.3 is 0 Å². The molecule has 0 fully saturated rings. The van der Waals surface area contributed by atoms with Crippen molar-refractivity contribution in [2.45, 2.75) is 25.3 Å². The zero-order chi connectivity index (χ0) is 32.3. The van der Waals surface area contributed by atoms with Gasteiger partial charge in [0.1, 0.15) is 0 Å². The molecule has 10 rings (SSSR count). The third-order valence-corrected chi connectivity index (χ3v) is 10.6. The van der Waals surface area contributed by atoms with Crippen LogP contribution in [0.4, 0.5) is 0 Å². The van der Waals surface area contributed by atoms with Crippen LogP contribution in [0.5, 0.6) is 0 Å². The van der Waals surface area contributed by atoms with Crippen LogP contribution < -0.4 is 0 Å². The number of hydrogen-bond acceptors (Lipinski definition) is 1. The Kier molecular flexibility index (Phi) is 6.48. The highest BCUT2D eigenvalue weighted by atomic mass is 15.0. The summed E-state index contributed by atoms with van der Waals surface area (Å²) in [4.78, 5) is 4.52. The number of hydrogen-bond donors (Lipinski definition) is 0. The van der Waals surface area contributed by atoms with Crippen LogP contribution >= 0.6 is 0 Å². The highest BCUT2D eigenvalue weighted by molar-refractivity contribution is 6.21. The smallest absolute Gasteiger partial charge is 0.0560 e. The van der Waals surface area contributed by atoms with Crippen molar-refractivity contribution < 1.29 is 0 Å². The molecular weight excluding hydrogens is 593 g/mol. The third-order valence-electron chi connectivity index (χ3n) is 10.6. The largest absolute Gasteiger partial charge is 0.333 e. The lowest BCUT2D eigenvalue weighted by Crippen LogP contribution is -2.06. The highest BCUT2D eigenvalue weighted by Gasteiger charge is 2.19. The molecule has 6 aromatic carbocycles. The van der Waals surface area contributed by atoms with E-state index in [9.17, 15) is 0 Å². The summed E-state index contributed by atoms with van der Waals surface area (Å²) in [5.74, 6) is 0. The molecule has 0 bridgehead atoms. The number of pyridine rings is 1. The predicted molar refractivity (Wildman–Crippen MR) is 208 cm³/mol. The molecule has 2 aliphatic carbocycles. The van der Waals surface area contributed by atoms with E-state index in [1.54, 1.807) is 0 Å². The second-order valence-electron chi connectivity index (χ2n) is 13.4. The van der Waals surface area contributed by atoms with Gasteiger partial charge in [0, 0.05) is 28.7 Å². The molecule has 0 radical (unpaired) electrons. The lowest BCUT2D eigenvalue weighted by molar-refractivity contribution is 0.648. The second-order valence-corrected chi connectivity index (χ2v) is 13.4. The van der Waals surface area contributed by atoms with Gasteiger partial charge in [0.15, 0.2) is 0 Å². The molecule has 0 aliphatic heterocycles. The molecule has 2 aliphatic rings. The van der Waals surface area contributed by atoms with Gasteiger partial charge in [-0.3, -0.25) is 4.98 Å². The van der Waals surface area contributed by atoms with Crippen molar-refractivity contribution in [1.29, 1.82) is 0 Å². The number of aryl methyl sites for hydroxylation is 1. The Morgan fingerprint density at radius 3 is 1.96 bits per heavy atom. The fourth-order valence-electron chi connectivity index (χ4n) is 8.36. The van der Waals surface area contributed by atoms with Crippen molar-refractivity contribution in [3.05, 3.63) is 169 Å². The summed E-state index contributed by atoms with van der Waals surface area (Å²) in [5.41, 5.74) is 12.8. The fraction of sp³-hybridized carbons (Fsp3) is 0.0851. The molecule has 0 saturated heterocycles. The molecule has 0 amide bonds. The average molecular weight is 627 g/mol. The van der Waals surface area contributed by atoms with Gasteiger partial charge in [-0.15, -0.1) is 0 Å². The normalized spacial score (nSPS) is 15.5. The molecule has 2 nitrogen and oxygen atoms in total. The van der Waals surface area contributed by atoms with Gasteiger partial charge in [0.25, 0.3) is 0 Å². The van der Waals surface area contributed by atoms with Crippen LogP contribution in [0.2, 0.25) is 0 Å². The Hall–Kier alpha value is -5.99.